The zero-order valence-electron chi connectivity index (χ0n) is 10.3. The molecule has 0 radical (unpaired) electrons. The fraction of sp³-hybridized carbons (Fsp3) is 0.333. The van der Waals surface area contributed by atoms with Gasteiger partial charge < -0.3 is 9.47 Å². The van der Waals surface area contributed by atoms with Gasteiger partial charge in [0, 0.05) is 18.6 Å². The lowest BCUT2D eigenvalue weighted by Crippen LogP contribution is -1.97. The van der Waals surface area contributed by atoms with Crippen molar-refractivity contribution >= 4 is 6.08 Å². The van der Waals surface area contributed by atoms with E-state index < -0.39 is 4.92 Å². The van der Waals surface area contributed by atoms with Gasteiger partial charge in [-0.25, -0.2) is 0 Å². The average Bonchev–Trinajstić information content (AvgIpc) is 2.28. The van der Waals surface area contributed by atoms with E-state index in [-0.39, 0.29) is 5.70 Å². The van der Waals surface area contributed by atoms with Crippen LogP contribution in [0.2, 0.25) is 0 Å². The predicted molar refractivity (Wildman–Crippen MR) is 64.9 cm³/mol. The highest BCUT2D eigenvalue weighted by molar-refractivity contribution is 5.63. The smallest absolute Gasteiger partial charge is 0.243 e. The summed E-state index contributed by atoms with van der Waals surface area (Å²) in [6.07, 6.45) is 1.47. The van der Waals surface area contributed by atoms with Crippen LogP contribution < -0.4 is 9.47 Å². The highest BCUT2D eigenvalue weighted by Gasteiger charge is 2.11. The Kier molecular flexibility index (Phi) is 4.09. The molecule has 1 aromatic rings. The van der Waals surface area contributed by atoms with Crippen molar-refractivity contribution in [2.45, 2.75) is 13.8 Å². The molecule has 0 aromatic heterocycles. The van der Waals surface area contributed by atoms with Crippen LogP contribution in [0.1, 0.15) is 18.1 Å². The summed E-state index contributed by atoms with van der Waals surface area (Å²) in [7, 11) is 3.09. The first-order valence-electron chi connectivity index (χ1n) is 5.05. The number of nitro groups is 1. The lowest BCUT2D eigenvalue weighted by atomic mass is 10.1. The standard InChI is InChI=1S/C12H15NO4/c1-8-5-11(16-3)7-10(12(8)17-4)6-9(2)13(14)15/h5-7H,1-4H3/b9-6+. The number of rotatable bonds is 4. The van der Waals surface area contributed by atoms with Crippen LogP contribution in [0.3, 0.4) is 0 Å². The molecule has 0 N–H and O–H groups in total. The lowest BCUT2D eigenvalue weighted by molar-refractivity contribution is -0.422. The molecule has 5 heteroatoms. The summed E-state index contributed by atoms with van der Waals surface area (Å²) in [5.74, 6) is 1.26. The van der Waals surface area contributed by atoms with E-state index in [1.807, 2.05) is 13.0 Å². The molecule has 0 aliphatic heterocycles. The van der Waals surface area contributed by atoms with Crippen molar-refractivity contribution in [3.8, 4) is 11.5 Å². The van der Waals surface area contributed by atoms with Crippen molar-refractivity contribution in [3.63, 3.8) is 0 Å². The van der Waals surface area contributed by atoms with Gasteiger partial charge in [-0.3, -0.25) is 10.1 Å². The maximum atomic E-state index is 10.6. The topological polar surface area (TPSA) is 61.6 Å². The summed E-state index contributed by atoms with van der Waals surface area (Å²) >= 11 is 0. The molecule has 0 saturated carbocycles. The Morgan fingerprint density at radius 3 is 2.47 bits per heavy atom. The van der Waals surface area contributed by atoms with Crippen molar-refractivity contribution in [2.75, 3.05) is 14.2 Å². The molecule has 0 bridgehead atoms. The van der Waals surface area contributed by atoms with Crippen LogP contribution in [0.25, 0.3) is 6.08 Å². The predicted octanol–water partition coefficient (Wildman–Crippen LogP) is 2.65. The number of ether oxygens (including phenoxy) is 2. The number of hydrogen-bond donors (Lipinski definition) is 0. The van der Waals surface area contributed by atoms with Crippen LogP contribution in [0.5, 0.6) is 11.5 Å². The summed E-state index contributed by atoms with van der Waals surface area (Å²) < 4.78 is 10.4. The summed E-state index contributed by atoms with van der Waals surface area (Å²) in [5.41, 5.74) is 1.56. The minimum Gasteiger partial charge on any atom is -0.497 e. The van der Waals surface area contributed by atoms with Crippen molar-refractivity contribution in [2.24, 2.45) is 0 Å². The van der Waals surface area contributed by atoms with Gasteiger partial charge in [0.1, 0.15) is 11.5 Å². The molecular weight excluding hydrogens is 222 g/mol. The second-order valence-electron chi connectivity index (χ2n) is 3.61. The molecule has 92 valence electrons. The number of allylic oxidation sites excluding steroid dienone is 1. The molecule has 1 aromatic carbocycles. The van der Waals surface area contributed by atoms with E-state index in [1.54, 1.807) is 13.2 Å². The number of nitrogens with zero attached hydrogens (tertiary/aromatic N) is 1. The monoisotopic (exact) mass is 237 g/mol. The van der Waals surface area contributed by atoms with Gasteiger partial charge in [0.15, 0.2) is 0 Å². The van der Waals surface area contributed by atoms with Crippen LogP contribution in [0.4, 0.5) is 0 Å². The Balaban J connectivity index is 3.34. The molecule has 17 heavy (non-hydrogen) atoms. The number of aryl methyl sites for hydroxylation is 1. The third-order valence-electron chi connectivity index (χ3n) is 2.37. The van der Waals surface area contributed by atoms with Gasteiger partial charge in [-0.1, -0.05) is 0 Å². The van der Waals surface area contributed by atoms with Crippen LogP contribution in [-0.2, 0) is 0 Å². The van der Waals surface area contributed by atoms with E-state index >= 15 is 0 Å². The Hall–Kier alpha value is -2.04. The minimum absolute atomic E-state index is 0.0518. The molecule has 0 heterocycles. The molecule has 0 spiro atoms. The summed E-state index contributed by atoms with van der Waals surface area (Å²) in [6, 6.07) is 3.52. The summed E-state index contributed by atoms with van der Waals surface area (Å²) in [6.45, 7) is 3.30. The van der Waals surface area contributed by atoms with Gasteiger partial charge in [-0.05, 0) is 24.6 Å². The van der Waals surface area contributed by atoms with E-state index in [4.69, 9.17) is 9.47 Å². The Morgan fingerprint density at radius 1 is 1.35 bits per heavy atom. The SMILES string of the molecule is COc1cc(C)c(OC)c(/C=C(\C)[N+](=O)[O-])c1. The van der Waals surface area contributed by atoms with Gasteiger partial charge in [0.05, 0.1) is 19.1 Å². The molecule has 0 saturated heterocycles. The molecule has 0 unspecified atom stereocenters. The zero-order chi connectivity index (χ0) is 13.0. The zero-order valence-corrected chi connectivity index (χ0v) is 10.3. The third-order valence-corrected chi connectivity index (χ3v) is 2.37. The highest BCUT2D eigenvalue weighted by atomic mass is 16.6. The molecule has 0 amide bonds. The van der Waals surface area contributed by atoms with E-state index in [0.29, 0.717) is 17.1 Å². The van der Waals surface area contributed by atoms with Gasteiger partial charge >= 0.3 is 0 Å². The van der Waals surface area contributed by atoms with Crippen molar-refractivity contribution in [3.05, 3.63) is 39.1 Å². The van der Waals surface area contributed by atoms with Crippen LogP contribution in [-0.4, -0.2) is 19.1 Å². The van der Waals surface area contributed by atoms with E-state index in [2.05, 4.69) is 0 Å². The highest BCUT2D eigenvalue weighted by Crippen LogP contribution is 2.30. The first kappa shape index (κ1) is 13.0. The maximum Gasteiger partial charge on any atom is 0.243 e. The molecule has 0 aliphatic rings. The fourth-order valence-electron chi connectivity index (χ4n) is 1.55. The van der Waals surface area contributed by atoms with Crippen LogP contribution in [0, 0.1) is 17.0 Å². The third kappa shape index (κ3) is 2.96. The van der Waals surface area contributed by atoms with E-state index in [0.717, 1.165) is 5.56 Å². The number of benzene rings is 1. The Morgan fingerprint density at radius 2 is 2.00 bits per heavy atom. The largest absolute Gasteiger partial charge is 0.497 e. The van der Waals surface area contributed by atoms with Crippen molar-refractivity contribution < 1.29 is 14.4 Å². The van der Waals surface area contributed by atoms with Crippen LogP contribution in [0.15, 0.2) is 17.8 Å². The average molecular weight is 237 g/mol. The van der Waals surface area contributed by atoms with Crippen molar-refractivity contribution in [1.29, 1.82) is 0 Å². The molecule has 0 aliphatic carbocycles. The molecule has 5 nitrogen and oxygen atoms in total. The minimum atomic E-state index is -0.436. The molecule has 0 fully saturated rings. The second-order valence-corrected chi connectivity index (χ2v) is 3.61. The Labute approximate surface area is 99.8 Å². The first-order chi connectivity index (χ1) is 7.99. The molecule has 1 rings (SSSR count). The number of methoxy groups -OCH3 is 2. The van der Waals surface area contributed by atoms with Gasteiger partial charge in [-0.2, -0.15) is 0 Å². The first-order valence-corrected chi connectivity index (χ1v) is 5.05. The van der Waals surface area contributed by atoms with E-state index in [1.165, 1.54) is 20.1 Å². The lowest BCUT2D eigenvalue weighted by Gasteiger charge is -2.10. The number of hydrogen-bond acceptors (Lipinski definition) is 4. The van der Waals surface area contributed by atoms with E-state index in [9.17, 15) is 10.1 Å². The van der Waals surface area contributed by atoms with Crippen LogP contribution >= 0.6 is 0 Å². The second kappa shape index (κ2) is 5.34. The van der Waals surface area contributed by atoms with Gasteiger partial charge in [-0.15, -0.1) is 0 Å². The summed E-state index contributed by atoms with van der Waals surface area (Å²) in [4.78, 5) is 10.2. The fourth-order valence-corrected chi connectivity index (χ4v) is 1.55. The maximum absolute atomic E-state index is 10.6. The molecular formula is C12H15NO4. The molecule has 0 atom stereocenters. The van der Waals surface area contributed by atoms with Gasteiger partial charge in [0.25, 0.3) is 0 Å². The van der Waals surface area contributed by atoms with Gasteiger partial charge in [0.2, 0.25) is 5.70 Å². The summed E-state index contributed by atoms with van der Waals surface area (Å²) in [5, 5.41) is 10.6. The van der Waals surface area contributed by atoms with Crippen molar-refractivity contribution in [1.82, 2.24) is 0 Å². The Bertz CT molecular complexity index is 466. The normalized spacial score (nSPS) is 11.2. The quantitative estimate of drug-likeness (QED) is 0.596.